The first-order chi connectivity index (χ1) is 14.2. The number of thiophene rings is 1. The van der Waals surface area contributed by atoms with E-state index in [0.717, 1.165) is 40.5 Å². The summed E-state index contributed by atoms with van der Waals surface area (Å²) >= 11 is 10.0. The van der Waals surface area contributed by atoms with Crippen LogP contribution in [0.5, 0.6) is 11.5 Å². The summed E-state index contributed by atoms with van der Waals surface area (Å²) in [4.78, 5) is 14.7. The van der Waals surface area contributed by atoms with Gasteiger partial charge in [0.05, 0.1) is 29.5 Å². The largest absolute Gasteiger partial charge is 0.490 e. The van der Waals surface area contributed by atoms with Gasteiger partial charge in [-0.15, -0.1) is 11.3 Å². The van der Waals surface area contributed by atoms with Gasteiger partial charge in [0.15, 0.2) is 11.5 Å². The molecule has 5 rings (SSSR count). The van der Waals surface area contributed by atoms with Gasteiger partial charge in [-0.3, -0.25) is 4.79 Å². The molecule has 2 aliphatic heterocycles. The molecule has 150 valence electrons. The van der Waals surface area contributed by atoms with Crippen molar-refractivity contribution in [2.24, 2.45) is 0 Å². The molecular formula is C21H19ClN2O3S2. The number of rotatable bonds is 3. The van der Waals surface area contributed by atoms with Crippen molar-refractivity contribution in [1.82, 2.24) is 4.57 Å². The third-order valence-electron chi connectivity index (χ3n) is 4.95. The van der Waals surface area contributed by atoms with Crippen LogP contribution in [0.2, 0.25) is 5.02 Å². The number of anilines is 1. The van der Waals surface area contributed by atoms with Gasteiger partial charge in [-0.25, -0.2) is 0 Å². The van der Waals surface area contributed by atoms with Crippen molar-refractivity contribution in [3.8, 4) is 16.5 Å². The van der Waals surface area contributed by atoms with E-state index in [1.54, 1.807) is 23.5 Å². The second-order valence-corrected chi connectivity index (χ2v) is 9.46. The van der Waals surface area contributed by atoms with Crippen molar-refractivity contribution in [2.75, 3.05) is 24.3 Å². The van der Waals surface area contributed by atoms with E-state index < -0.39 is 0 Å². The predicted octanol–water partition coefficient (Wildman–Crippen LogP) is 5.40. The van der Waals surface area contributed by atoms with E-state index in [0.29, 0.717) is 35.4 Å². The van der Waals surface area contributed by atoms with E-state index in [2.05, 4.69) is 5.32 Å². The molecule has 0 unspecified atom stereocenters. The number of fused-ring (bicyclic) bond motifs is 2. The molecule has 0 bridgehead atoms. The molecule has 0 saturated heterocycles. The van der Waals surface area contributed by atoms with Crippen LogP contribution >= 0.6 is 34.7 Å². The van der Waals surface area contributed by atoms with E-state index in [4.69, 9.17) is 21.1 Å². The molecule has 3 aromatic rings. The zero-order valence-electron chi connectivity index (χ0n) is 15.6. The van der Waals surface area contributed by atoms with Crippen LogP contribution in [0.15, 0.2) is 36.7 Å². The summed E-state index contributed by atoms with van der Waals surface area (Å²) in [6, 6.07) is 7.40. The van der Waals surface area contributed by atoms with Crippen LogP contribution < -0.4 is 14.8 Å². The Labute approximate surface area is 182 Å². The van der Waals surface area contributed by atoms with Crippen LogP contribution in [0.25, 0.3) is 5.00 Å². The van der Waals surface area contributed by atoms with Gasteiger partial charge in [-0.05, 0) is 29.9 Å². The lowest BCUT2D eigenvalue weighted by molar-refractivity contribution is 0.102. The number of carbonyl (C=O) groups excluding carboxylic acids is 1. The summed E-state index contributed by atoms with van der Waals surface area (Å²) in [7, 11) is 0. The van der Waals surface area contributed by atoms with Crippen molar-refractivity contribution >= 4 is 46.3 Å². The molecule has 0 aliphatic carbocycles. The minimum absolute atomic E-state index is 0.144. The normalized spacial score (nSPS) is 15.5. The van der Waals surface area contributed by atoms with Crippen molar-refractivity contribution in [1.29, 1.82) is 0 Å². The van der Waals surface area contributed by atoms with Gasteiger partial charge in [-0.1, -0.05) is 11.6 Å². The lowest BCUT2D eigenvalue weighted by Gasteiger charge is -2.15. The van der Waals surface area contributed by atoms with Gasteiger partial charge < -0.3 is 19.4 Å². The number of aromatic nitrogens is 1. The monoisotopic (exact) mass is 446 g/mol. The standard InChI is InChI=1S/C21H19ClN2O3S2/c22-14-10-16-17(27-8-3-7-26-16)11-15(14)23-20(25)19-13-4-9-28-12-18(13)29-21(19)24-5-1-2-6-24/h1-2,5-6,10-11H,3-4,7-9,12H2,(H,23,25). The highest BCUT2D eigenvalue weighted by Crippen LogP contribution is 2.41. The maximum absolute atomic E-state index is 13.4. The number of amides is 1. The minimum Gasteiger partial charge on any atom is -0.490 e. The van der Waals surface area contributed by atoms with Crippen molar-refractivity contribution < 1.29 is 14.3 Å². The Morgan fingerprint density at radius 2 is 1.90 bits per heavy atom. The summed E-state index contributed by atoms with van der Waals surface area (Å²) in [6.45, 7) is 1.17. The van der Waals surface area contributed by atoms with E-state index in [1.807, 2.05) is 40.9 Å². The van der Waals surface area contributed by atoms with Crippen molar-refractivity contribution in [3.05, 3.63) is 57.7 Å². The molecule has 0 saturated carbocycles. The molecule has 0 atom stereocenters. The predicted molar refractivity (Wildman–Crippen MR) is 119 cm³/mol. The number of nitrogens with one attached hydrogen (secondary N) is 1. The Kier molecular flexibility index (Phi) is 5.20. The highest BCUT2D eigenvalue weighted by atomic mass is 35.5. The molecule has 1 amide bonds. The Bertz CT molecular complexity index is 1060. The molecule has 0 radical (unpaired) electrons. The lowest BCUT2D eigenvalue weighted by Crippen LogP contribution is -2.17. The van der Waals surface area contributed by atoms with Gasteiger partial charge in [0.25, 0.3) is 5.91 Å². The average molecular weight is 447 g/mol. The molecule has 5 nitrogen and oxygen atoms in total. The number of halogens is 1. The van der Waals surface area contributed by atoms with Gasteiger partial charge in [0.1, 0.15) is 5.00 Å². The van der Waals surface area contributed by atoms with Crippen molar-refractivity contribution in [3.63, 3.8) is 0 Å². The van der Waals surface area contributed by atoms with E-state index in [-0.39, 0.29) is 5.91 Å². The third kappa shape index (κ3) is 3.63. The highest BCUT2D eigenvalue weighted by Gasteiger charge is 2.27. The van der Waals surface area contributed by atoms with E-state index >= 15 is 0 Å². The van der Waals surface area contributed by atoms with E-state index in [9.17, 15) is 4.79 Å². The second-order valence-electron chi connectivity index (χ2n) is 6.86. The second kappa shape index (κ2) is 7.97. The molecule has 2 aromatic heterocycles. The average Bonchev–Trinajstić information content (AvgIpc) is 3.32. The number of thioether (sulfide) groups is 1. The molecule has 0 fully saturated rings. The van der Waals surface area contributed by atoms with Crippen LogP contribution in [0, 0.1) is 0 Å². The lowest BCUT2D eigenvalue weighted by atomic mass is 10.1. The van der Waals surface area contributed by atoms with Gasteiger partial charge >= 0.3 is 0 Å². The molecule has 4 heterocycles. The van der Waals surface area contributed by atoms with Crippen LogP contribution in [-0.2, 0) is 12.2 Å². The molecule has 8 heteroatoms. The number of benzene rings is 1. The first-order valence-electron chi connectivity index (χ1n) is 9.47. The number of hydrogen-bond donors (Lipinski definition) is 1. The molecule has 0 spiro atoms. The van der Waals surface area contributed by atoms with Crippen LogP contribution in [0.4, 0.5) is 5.69 Å². The summed E-state index contributed by atoms with van der Waals surface area (Å²) < 4.78 is 13.4. The number of hydrogen-bond acceptors (Lipinski definition) is 5. The fourth-order valence-electron chi connectivity index (χ4n) is 3.57. The molecule has 2 aliphatic rings. The molecule has 1 aromatic carbocycles. The van der Waals surface area contributed by atoms with Gasteiger partial charge in [0, 0.05) is 41.6 Å². The highest BCUT2D eigenvalue weighted by molar-refractivity contribution is 7.98. The maximum Gasteiger partial charge on any atom is 0.259 e. The van der Waals surface area contributed by atoms with Gasteiger partial charge in [-0.2, -0.15) is 11.8 Å². The SMILES string of the molecule is O=C(Nc1cc2c(cc1Cl)OCCCO2)c1c(-n2cccc2)sc2c1CCSC2. The quantitative estimate of drug-likeness (QED) is 0.585. The Morgan fingerprint density at radius 1 is 1.14 bits per heavy atom. The third-order valence-corrected chi connectivity index (χ3v) is 7.68. The maximum atomic E-state index is 13.4. The zero-order valence-corrected chi connectivity index (χ0v) is 18.0. The fraction of sp³-hybridized carbons (Fsp3) is 0.286. The number of carbonyl (C=O) groups is 1. The summed E-state index contributed by atoms with van der Waals surface area (Å²) in [5.41, 5.74) is 2.43. The summed E-state index contributed by atoms with van der Waals surface area (Å²) in [5.74, 6) is 3.06. The minimum atomic E-state index is -0.144. The van der Waals surface area contributed by atoms with Crippen LogP contribution in [-0.4, -0.2) is 29.4 Å². The van der Waals surface area contributed by atoms with Crippen molar-refractivity contribution in [2.45, 2.75) is 18.6 Å². The number of ether oxygens (including phenoxy) is 2. The Hall–Kier alpha value is -2.09. The fourth-order valence-corrected chi connectivity index (χ4v) is 6.21. The first-order valence-corrected chi connectivity index (χ1v) is 11.8. The summed E-state index contributed by atoms with van der Waals surface area (Å²) in [6.07, 6.45) is 5.66. The van der Waals surface area contributed by atoms with Gasteiger partial charge in [0.2, 0.25) is 0 Å². The Balaban J connectivity index is 1.52. The molecular weight excluding hydrogens is 428 g/mol. The summed E-state index contributed by atoms with van der Waals surface area (Å²) in [5, 5.41) is 4.40. The zero-order chi connectivity index (χ0) is 19.8. The Morgan fingerprint density at radius 3 is 2.69 bits per heavy atom. The molecule has 29 heavy (non-hydrogen) atoms. The van der Waals surface area contributed by atoms with E-state index in [1.165, 1.54) is 4.88 Å². The van der Waals surface area contributed by atoms with Crippen LogP contribution in [0.1, 0.15) is 27.2 Å². The topological polar surface area (TPSA) is 52.5 Å². The smallest absolute Gasteiger partial charge is 0.259 e. The molecule has 1 N–H and O–H groups in total. The van der Waals surface area contributed by atoms with Crippen LogP contribution in [0.3, 0.4) is 0 Å². The number of nitrogens with zero attached hydrogens (tertiary/aromatic N) is 1. The first kappa shape index (κ1) is 18.9.